The molecule has 1 N–H and O–H groups in total. The highest BCUT2D eigenvalue weighted by molar-refractivity contribution is 5.96. The second-order valence-electron chi connectivity index (χ2n) is 5.55. The highest BCUT2D eigenvalue weighted by atomic mass is 16.3. The topological polar surface area (TPSA) is 57.6 Å². The van der Waals surface area contributed by atoms with Crippen LogP contribution in [0.5, 0.6) is 0 Å². The quantitative estimate of drug-likeness (QED) is 0.655. The second-order valence-corrected chi connectivity index (χ2v) is 5.55. The molecule has 0 radical (unpaired) electrons. The maximum absolute atomic E-state index is 11.7. The molecule has 110 valence electrons. The van der Waals surface area contributed by atoms with Gasteiger partial charge in [-0.25, -0.2) is 0 Å². The predicted octanol–water partition coefficient (Wildman–Crippen LogP) is 2.64. The Hall–Kier alpha value is -0.900. The Morgan fingerprint density at radius 1 is 1.21 bits per heavy atom. The van der Waals surface area contributed by atoms with Crippen LogP contribution in [-0.4, -0.2) is 34.5 Å². The molecule has 1 saturated heterocycles. The van der Waals surface area contributed by atoms with Crippen LogP contribution in [0.15, 0.2) is 0 Å². The van der Waals surface area contributed by atoms with E-state index in [1.54, 1.807) is 0 Å². The molecule has 0 spiro atoms. The fourth-order valence-corrected chi connectivity index (χ4v) is 2.47. The number of imide groups is 1. The second kappa shape index (κ2) is 9.08. The van der Waals surface area contributed by atoms with Gasteiger partial charge in [0.15, 0.2) is 0 Å². The summed E-state index contributed by atoms with van der Waals surface area (Å²) in [6.45, 7) is 2.45. The number of nitrogens with zero attached hydrogens (tertiary/aromatic N) is 1. The molecule has 0 aromatic heterocycles. The van der Waals surface area contributed by atoms with E-state index < -0.39 is 0 Å². The molecule has 0 aromatic carbocycles. The smallest absolute Gasteiger partial charge is 0.229 e. The third-order valence-corrected chi connectivity index (χ3v) is 3.64. The minimum Gasteiger partial charge on any atom is -0.393 e. The van der Waals surface area contributed by atoms with Crippen LogP contribution in [0, 0.1) is 0 Å². The van der Waals surface area contributed by atoms with Crippen molar-refractivity contribution in [3.63, 3.8) is 0 Å². The molecule has 2 amide bonds. The summed E-state index contributed by atoms with van der Waals surface area (Å²) in [6.07, 6.45) is 9.07. The van der Waals surface area contributed by atoms with Gasteiger partial charge >= 0.3 is 0 Å². The molecule has 4 nitrogen and oxygen atoms in total. The van der Waals surface area contributed by atoms with Crippen LogP contribution >= 0.6 is 0 Å². The van der Waals surface area contributed by atoms with Crippen molar-refractivity contribution < 1.29 is 14.7 Å². The monoisotopic (exact) mass is 269 g/mol. The summed E-state index contributed by atoms with van der Waals surface area (Å²) in [4.78, 5) is 24.5. The van der Waals surface area contributed by atoms with Crippen molar-refractivity contribution in [3.05, 3.63) is 0 Å². The largest absolute Gasteiger partial charge is 0.393 e. The van der Waals surface area contributed by atoms with E-state index in [-0.39, 0.29) is 17.9 Å². The molecule has 1 fully saturated rings. The molecule has 1 atom stereocenters. The van der Waals surface area contributed by atoms with Gasteiger partial charge in [-0.2, -0.15) is 0 Å². The van der Waals surface area contributed by atoms with Crippen molar-refractivity contribution in [1.29, 1.82) is 0 Å². The summed E-state index contributed by atoms with van der Waals surface area (Å²) in [5.74, 6) is 0.0136. The number of carbonyl (C=O) groups is 2. The Morgan fingerprint density at radius 3 is 2.42 bits per heavy atom. The molecule has 0 bridgehead atoms. The first-order valence-corrected chi connectivity index (χ1v) is 7.62. The third-order valence-electron chi connectivity index (χ3n) is 3.64. The van der Waals surface area contributed by atoms with E-state index in [4.69, 9.17) is 5.11 Å². The molecular weight excluding hydrogens is 242 g/mol. The molecule has 0 aromatic rings. The zero-order valence-corrected chi connectivity index (χ0v) is 12.1. The van der Waals surface area contributed by atoms with Gasteiger partial charge in [-0.1, -0.05) is 32.1 Å². The fraction of sp³-hybridized carbons (Fsp3) is 0.867. The lowest BCUT2D eigenvalue weighted by Crippen LogP contribution is -2.31. The number of hydrogen-bond donors (Lipinski definition) is 1. The lowest BCUT2D eigenvalue weighted by molar-refractivity contribution is -0.141. The first kappa shape index (κ1) is 16.2. The summed E-state index contributed by atoms with van der Waals surface area (Å²) in [7, 11) is 0. The van der Waals surface area contributed by atoms with E-state index in [9.17, 15) is 9.59 Å². The summed E-state index contributed by atoms with van der Waals surface area (Å²) >= 11 is 0. The lowest BCUT2D eigenvalue weighted by atomic mass is 10.1. The van der Waals surface area contributed by atoms with Gasteiger partial charge in [0.05, 0.1) is 6.10 Å². The van der Waals surface area contributed by atoms with E-state index in [0.717, 1.165) is 44.9 Å². The maximum atomic E-state index is 11.7. The molecule has 1 rings (SSSR count). The number of aliphatic hydroxyl groups excluding tert-OH is 1. The summed E-state index contributed by atoms with van der Waals surface area (Å²) in [6, 6.07) is 0. The average Bonchev–Trinajstić information content (AvgIpc) is 2.78. The lowest BCUT2D eigenvalue weighted by Gasteiger charge is -2.12. The van der Waals surface area contributed by atoms with Crippen LogP contribution in [0.1, 0.15) is 71.1 Å². The Labute approximate surface area is 116 Å². The van der Waals surface area contributed by atoms with Crippen LogP contribution in [-0.2, 0) is 9.59 Å². The molecule has 0 aliphatic carbocycles. The number of unbranched alkanes of at least 4 members (excludes halogenated alkanes) is 5. The molecular formula is C15H27NO3. The predicted molar refractivity (Wildman–Crippen MR) is 74.6 cm³/mol. The van der Waals surface area contributed by atoms with Gasteiger partial charge in [-0.3, -0.25) is 14.5 Å². The number of hydrogen-bond acceptors (Lipinski definition) is 3. The van der Waals surface area contributed by atoms with Crippen LogP contribution in [0.4, 0.5) is 0 Å². The maximum Gasteiger partial charge on any atom is 0.229 e. The molecule has 1 unspecified atom stereocenters. The summed E-state index contributed by atoms with van der Waals surface area (Å²) < 4.78 is 0. The standard InChI is InChI=1S/C15H27NO3/c1-13(17)9-6-4-2-3-5-7-10-14(18)16-12-8-11-15(16)19/h13,17H,2-12H2,1H3. The van der Waals surface area contributed by atoms with E-state index >= 15 is 0 Å². The molecule has 1 aliphatic heterocycles. The molecule has 1 heterocycles. The molecule has 0 saturated carbocycles. The van der Waals surface area contributed by atoms with Gasteiger partial charge in [0.1, 0.15) is 0 Å². The van der Waals surface area contributed by atoms with Crippen LogP contribution < -0.4 is 0 Å². The number of likely N-dealkylation sites (tertiary alicyclic amines) is 1. The zero-order valence-electron chi connectivity index (χ0n) is 12.1. The van der Waals surface area contributed by atoms with Crippen molar-refractivity contribution >= 4 is 11.8 Å². The van der Waals surface area contributed by atoms with Gasteiger partial charge in [-0.15, -0.1) is 0 Å². The van der Waals surface area contributed by atoms with Gasteiger partial charge in [0.25, 0.3) is 0 Å². The highest BCUT2D eigenvalue weighted by Crippen LogP contribution is 2.14. The zero-order chi connectivity index (χ0) is 14.1. The highest BCUT2D eigenvalue weighted by Gasteiger charge is 2.25. The van der Waals surface area contributed by atoms with Crippen molar-refractivity contribution in [2.24, 2.45) is 0 Å². The van der Waals surface area contributed by atoms with Crippen LogP contribution in [0.25, 0.3) is 0 Å². The average molecular weight is 269 g/mol. The molecule has 1 aliphatic rings. The number of amides is 2. The van der Waals surface area contributed by atoms with Crippen molar-refractivity contribution in [2.75, 3.05) is 6.54 Å². The minimum absolute atomic E-state index is 0.00289. The Kier molecular flexibility index (Phi) is 7.72. The SMILES string of the molecule is CC(O)CCCCCCCCC(=O)N1CCCC1=O. The first-order valence-electron chi connectivity index (χ1n) is 7.62. The van der Waals surface area contributed by atoms with E-state index in [1.807, 2.05) is 6.92 Å². The number of carbonyl (C=O) groups excluding carboxylic acids is 2. The Morgan fingerprint density at radius 2 is 1.84 bits per heavy atom. The summed E-state index contributed by atoms with van der Waals surface area (Å²) in [5, 5.41) is 9.11. The van der Waals surface area contributed by atoms with Crippen LogP contribution in [0.2, 0.25) is 0 Å². The van der Waals surface area contributed by atoms with Gasteiger partial charge in [-0.05, 0) is 26.2 Å². The van der Waals surface area contributed by atoms with Gasteiger partial charge in [0, 0.05) is 19.4 Å². The normalized spacial score (nSPS) is 16.9. The number of rotatable bonds is 9. The minimum atomic E-state index is -0.185. The van der Waals surface area contributed by atoms with Crippen LogP contribution in [0.3, 0.4) is 0 Å². The molecule has 4 heteroatoms. The van der Waals surface area contributed by atoms with Gasteiger partial charge < -0.3 is 5.11 Å². The van der Waals surface area contributed by atoms with E-state index in [0.29, 0.717) is 19.4 Å². The number of aliphatic hydroxyl groups is 1. The van der Waals surface area contributed by atoms with E-state index in [1.165, 1.54) is 11.3 Å². The fourth-order valence-electron chi connectivity index (χ4n) is 2.47. The van der Waals surface area contributed by atoms with E-state index in [2.05, 4.69) is 0 Å². The first-order chi connectivity index (χ1) is 9.11. The Bertz CT molecular complexity index is 289. The van der Waals surface area contributed by atoms with Crippen molar-refractivity contribution in [3.8, 4) is 0 Å². The van der Waals surface area contributed by atoms with Gasteiger partial charge in [0.2, 0.25) is 11.8 Å². The van der Waals surface area contributed by atoms with Crippen molar-refractivity contribution in [2.45, 2.75) is 77.2 Å². The molecule has 19 heavy (non-hydrogen) atoms. The van der Waals surface area contributed by atoms with Crippen molar-refractivity contribution in [1.82, 2.24) is 4.90 Å². The summed E-state index contributed by atoms with van der Waals surface area (Å²) in [5.41, 5.74) is 0. The third kappa shape index (κ3) is 6.71. The Balaban J connectivity index is 1.93.